The number of ketones is 1. The number of rotatable bonds is 3. The van der Waals surface area contributed by atoms with Crippen molar-refractivity contribution in [1.29, 1.82) is 5.26 Å². The van der Waals surface area contributed by atoms with E-state index in [1.807, 2.05) is 7.05 Å². The van der Waals surface area contributed by atoms with Crippen molar-refractivity contribution in [2.24, 2.45) is 7.05 Å². The van der Waals surface area contributed by atoms with Gasteiger partial charge >= 0.3 is 0 Å². The lowest BCUT2D eigenvalue weighted by Crippen LogP contribution is -2.05. The Morgan fingerprint density at radius 2 is 2.00 bits per heavy atom. The molecule has 0 saturated carbocycles. The second kappa shape index (κ2) is 5.07. The third kappa shape index (κ3) is 2.29. The van der Waals surface area contributed by atoms with Crippen LogP contribution in [0.25, 0.3) is 0 Å². The summed E-state index contributed by atoms with van der Waals surface area (Å²) in [6.07, 6.45) is 2.01. The van der Waals surface area contributed by atoms with Crippen molar-refractivity contribution < 1.29 is 4.79 Å². The minimum absolute atomic E-state index is 0.0856. The number of aryl methyl sites for hydroxylation is 1. The first kappa shape index (κ1) is 12.4. The number of carbonyl (C=O) groups is 1. The van der Waals surface area contributed by atoms with Gasteiger partial charge < -0.3 is 4.57 Å². The van der Waals surface area contributed by atoms with E-state index in [1.165, 1.54) is 0 Å². The van der Waals surface area contributed by atoms with E-state index in [0.29, 0.717) is 16.1 Å². The van der Waals surface area contributed by atoms with Crippen LogP contribution in [-0.2, 0) is 13.5 Å². The molecule has 90 valence electrons. The van der Waals surface area contributed by atoms with Crippen molar-refractivity contribution in [1.82, 2.24) is 4.57 Å². The highest BCUT2D eigenvalue weighted by Crippen LogP contribution is 2.17. The van der Waals surface area contributed by atoms with E-state index in [9.17, 15) is 4.79 Å². The molecule has 0 atom stereocenters. The first-order valence-corrected chi connectivity index (χ1v) is 5.82. The molecule has 1 aromatic heterocycles. The summed E-state index contributed by atoms with van der Waals surface area (Å²) in [4.78, 5) is 12.3. The lowest BCUT2D eigenvalue weighted by Gasteiger charge is -2.03. The number of nitriles is 1. The van der Waals surface area contributed by atoms with Gasteiger partial charge in [-0.3, -0.25) is 4.79 Å². The van der Waals surface area contributed by atoms with Crippen LogP contribution in [0, 0.1) is 11.3 Å². The SMILES string of the molecule is Cn1ccc(C(=O)c2ccc(Cl)cc2)c1CC#N. The molecule has 2 aromatic rings. The second-order valence-electron chi connectivity index (χ2n) is 3.96. The van der Waals surface area contributed by atoms with Gasteiger partial charge in [0.25, 0.3) is 0 Å². The van der Waals surface area contributed by atoms with Crippen molar-refractivity contribution in [3.63, 3.8) is 0 Å². The standard InChI is InChI=1S/C14H11ClN2O/c1-17-9-7-12(13(17)6-8-16)14(18)10-2-4-11(15)5-3-10/h2-5,7,9H,6H2,1H3. The van der Waals surface area contributed by atoms with Crippen molar-refractivity contribution in [3.8, 4) is 6.07 Å². The lowest BCUT2D eigenvalue weighted by atomic mass is 10.0. The molecule has 0 aliphatic carbocycles. The number of nitrogens with zero attached hydrogens (tertiary/aromatic N) is 2. The Morgan fingerprint density at radius 3 is 2.61 bits per heavy atom. The molecule has 0 aliphatic rings. The second-order valence-corrected chi connectivity index (χ2v) is 4.39. The summed E-state index contributed by atoms with van der Waals surface area (Å²) in [5.74, 6) is -0.0856. The average Bonchev–Trinajstić information content (AvgIpc) is 2.72. The maximum Gasteiger partial charge on any atom is 0.194 e. The molecular weight excluding hydrogens is 248 g/mol. The van der Waals surface area contributed by atoms with Crippen LogP contribution in [0.3, 0.4) is 0 Å². The van der Waals surface area contributed by atoms with Gasteiger partial charge in [0, 0.05) is 35.1 Å². The lowest BCUT2D eigenvalue weighted by molar-refractivity contribution is 0.103. The number of halogens is 1. The van der Waals surface area contributed by atoms with Gasteiger partial charge in [0.1, 0.15) is 0 Å². The number of carbonyl (C=O) groups excluding carboxylic acids is 1. The van der Waals surface area contributed by atoms with E-state index in [1.54, 1.807) is 41.1 Å². The first-order valence-electron chi connectivity index (χ1n) is 5.45. The molecule has 0 radical (unpaired) electrons. The smallest absolute Gasteiger partial charge is 0.194 e. The van der Waals surface area contributed by atoms with E-state index in [2.05, 4.69) is 6.07 Å². The summed E-state index contributed by atoms with van der Waals surface area (Å²) >= 11 is 5.79. The quantitative estimate of drug-likeness (QED) is 0.795. The molecule has 0 aliphatic heterocycles. The Hall–Kier alpha value is -2.05. The highest BCUT2D eigenvalue weighted by Gasteiger charge is 2.16. The molecule has 0 spiro atoms. The van der Waals surface area contributed by atoms with Crippen molar-refractivity contribution in [2.75, 3.05) is 0 Å². The van der Waals surface area contributed by atoms with Crippen molar-refractivity contribution in [3.05, 3.63) is 58.4 Å². The van der Waals surface area contributed by atoms with Crippen LogP contribution >= 0.6 is 11.6 Å². The summed E-state index contributed by atoms with van der Waals surface area (Å²) in [5.41, 5.74) is 1.88. The van der Waals surface area contributed by atoms with Gasteiger partial charge in [-0.05, 0) is 30.3 Å². The molecule has 0 unspecified atom stereocenters. The Kier molecular flexibility index (Phi) is 3.50. The molecule has 3 nitrogen and oxygen atoms in total. The molecule has 0 N–H and O–H groups in total. The van der Waals surface area contributed by atoms with Gasteiger partial charge in [-0.1, -0.05) is 11.6 Å². The molecule has 1 heterocycles. The van der Waals surface area contributed by atoms with Crippen LogP contribution in [0.15, 0.2) is 36.5 Å². The van der Waals surface area contributed by atoms with E-state index in [4.69, 9.17) is 16.9 Å². The van der Waals surface area contributed by atoms with Crippen LogP contribution < -0.4 is 0 Å². The summed E-state index contributed by atoms with van der Waals surface area (Å²) < 4.78 is 1.80. The van der Waals surface area contributed by atoms with Crippen LogP contribution in [0.2, 0.25) is 5.02 Å². The monoisotopic (exact) mass is 258 g/mol. The Labute approximate surface area is 110 Å². The third-order valence-electron chi connectivity index (χ3n) is 2.80. The summed E-state index contributed by atoms with van der Waals surface area (Å²) in [6, 6.07) is 10.6. The third-order valence-corrected chi connectivity index (χ3v) is 3.05. The molecule has 18 heavy (non-hydrogen) atoms. The van der Waals surface area contributed by atoms with E-state index in [0.717, 1.165) is 5.69 Å². The molecule has 0 saturated heterocycles. The first-order chi connectivity index (χ1) is 8.63. The van der Waals surface area contributed by atoms with E-state index < -0.39 is 0 Å². The Balaban J connectivity index is 2.40. The molecule has 4 heteroatoms. The minimum atomic E-state index is -0.0856. The van der Waals surface area contributed by atoms with Crippen LogP contribution in [-0.4, -0.2) is 10.4 Å². The number of aromatic nitrogens is 1. The minimum Gasteiger partial charge on any atom is -0.353 e. The maximum absolute atomic E-state index is 12.3. The zero-order chi connectivity index (χ0) is 13.1. The predicted octanol–water partition coefficient (Wildman–Crippen LogP) is 2.98. The van der Waals surface area contributed by atoms with Crippen LogP contribution in [0.4, 0.5) is 0 Å². The molecule has 0 fully saturated rings. The normalized spacial score (nSPS) is 10.1. The largest absolute Gasteiger partial charge is 0.353 e. The van der Waals surface area contributed by atoms with Gasteiger partial charge in [-0.2, -0.15) is 5.26 Å². The zero-order valence-corrected chi connectivity index (χ0v) is 10.6. The summed E-state index contributed by atoms with van der Waals surface area (Å²) in [6.45, 7) is 0. The molecule has 0 bridgehead atoms. The van der Waals surface area contributed by atoms with Crippen LogP contribution in [0.1, 0.15) is 21.6 Å². The topological polar surface area (TPSA) is 45.8 Å². The van der Waals surface area contributed by atoms with Gasteiger partial charge in [-0.25, -0.2) is 0 Å². The van der Waals surface area contributed by atoms with Gasteiger partial charge in [0.15, 0.2) is 5.78 Å². The maximum atomic E-state index is 12.3. The molecular formula is C14H11ClN2O. The van der Waals surface area contributed by atoms with E-state index in [-0.39, 0.29) is 12.2 Å². The fraction of sp³-hybridized carbons (Fsp3) is 0.143. The number of hydrogen-bond donors (Lipinski definition) is 0. The highest BCUT2D eigenvalue weighted by molar-refractivity contribution is 6.30. The Morgan fingerprint density at radius 1 is 1.33 bits per heavy atom. The van der Waals surface area contributed by atoms with Gasteiger partial charge in [0.2, 0.25) is 0 Å². The van der Waals surface area contributed by atoms with Gasteiger partial charge in [0.05, 0.1) is 12.5 Å². The zero-order valence-electron chi connectivity index (χ0n) is 9.85. The average molecular weight is 259 g/mol. The molecule has 1 aromatic carbocycles. The van der Waals surface area contributed by atoms with Crippen molar-refractivity contribution >= 4 is 17.4 Å². The summed E-state index contributed by atoms with van der Waals surface area (Å²) in [7, 11) is 1.82. The summed E-state index contributed by atoms with van der Waals surface area (Å²) in [5, 5.41) is 9.38. The number of hydrogen-bond acceptors (Lipinski definition) is 2. The highest BCUT2D eigenvalue weighted by atomic mass is 35.5. The van der Waals surface area contributed by atoms with Gasteiger partial charge in [-0.15, -0.1) is 0 Å². The van der Waals surface area contributed by atoms with E-state index >= 15 is 0 Å². The molecule has 0 amide bonds. The fourth-order valence-corrected chi connectivity index (χ4v) is 1.95. The number of benzene rings is 1. The Bertz CT molecular complexity index is 620. The molecule has 2 rings (SSSR count). The van der Waals surface area contributed by atoms with Crippen molar-refractivity contribution in [2.45, 2.75) is 6.42 Å². The fourth-order valence-electron chi connectivity index (χ4n) is 1.82. The predicted molar refractivity (Wildman–Crippen MR) is 69.6 cm³/mol. The van der Waals surface area contributed by atoms with Crippen LogP contribution in [0.5, 0.6) is 0 Å².